The van der Waals surface area contributed by atoms with Gasteiger partial charge >= 0.3 is 0 Å². The molecule has 0 saturated carbocycles. The Bertz CT molecular complexity index is 736. The Labute approximate surface area is 184 Å². The maximum Gasteiger partial charge on any atom is 0.261 e. The number of piperidine rings is 2. The second-order valence-electron chi connectivity index (χ2n) is 10.0. The lowest BCUT2D eigenvalue weighted by Crippen LogP contribution is -2.68. The summed E-state index contributed by atoms with van der Waals surface area (Å²) in [5, 5.41) is 6.42. The molecule has 2 saturated heterocycles. The molecule has 162 valence electrons. The summed E-state index contributed by atoms with van der Waals surface area (Å²) in [7, 11) is -2.43. The number of likely N-dealkylation sites (tertiary alicyclic amines) is 1. The van der Waals surface area contributed by atoms with Gasteiger partial charge in [-0.25, -0.2) is 0 Å². The topological polar surface area (TPSA) is 24.5 Å². The lowest BCUT2D eigenvalue weighted by atomic mass is 10.0. The Hall–Kier alpha value is -1.46. The van der Waals surface area contributed by atoms with E-state index in [-0.39, 0.29) is 5.04 Å². The van der Waals surface area contributed by atoms with Crippen molar-refractivity contribution in [1.82, 2.24) is 10.2 Å². The summed E-state index contributed by atoms with van der Waals surface area (Å²) in [6.07, 6.45) is 5.27. The molecule has 0 aromatic heterocycles. The Kier molecular flexibility index (Phi) is 6.78. The third-order valence-electron chi connectivity index (χ3n) is 7.02. The zero-order valence-corrected chi connectivity index (χ0v) is 19.9. The van der Waals surface area contributed by atoms with Crippen LogP contribution >= 0.6 is 0 Å². The summed E-state index contributed by atoms with van der Waals surface area (Å²) in [4.78, 5) is 2.71. The normalized spacial score (nSPS) is 22.2. The summed E-state index contributed by atoms with van der Waals surface area (Å²) in [6.45, 7) is 11.8. The summed E-state index contributed by atoms with van der Waals surface area (Å²) in [5.74, 6) is 0. The van der Waals surface area contributed by atoms with E-state index in [0.29, 0.717) is 12.1 Å². The zero-order chi connectivity index (χ0) is 21.0. The van der Waals surface area contributed by atoms with E-state index in [2.05, 4.69) is 91.7 Å². The van der Waals surface area contributed by atoms with Crippen molar-refractivity contribution in [2.45, 2.75) is 63.6 Å². The third kappa shape index (κ3) is 4.42. The fourth-order valence-corrected chi connectivity index (χ4v) is 10.2. The van der Waals surface area contributed by atoms with Gasteiger partial charge in [-0.15, -0.1) is 0 Å². The Morgan fingerprint density at radius 3 is 1.90 bits per heavy atom. The molecule has 0 unspecified atom stereocenters. The Morgan fingerprint density at radius 1 is 0.867 bits per heavy atom. The maximum absolute atomic E-state index is 7.35. The fourth-order valence-electron chi connectivity index (χ4n) is 5.45. The monoisotopic (exact) mass is 422 g/mol. The van der Waals surface area contributed by atoms with Crippen LogP contribution in [0, 0.1) is 0 Å². The number of nitrogens with zero attached hydrogens (tertiary/aromatic N) is 1. The molecule has 4 heteroatoms. The number of benzene rings is 2. The van der Waals surface area contributed by atoms with Crippen molar-refractivity contribution in [3.05, 3.63) is 60.7 Å². The number of rotatable bonds is 5. The first-order valence-corrected chi connectivity index (χ1v) is 13.7. The predicted molar refractivity (Wildman–Crippen MR) is 129 cm³/mol. The SMILES string of the molecule is CC(C)(C)[Si](OC1CCN([C@H]2CCCNC2)CC1)(c1ccccc1)c1ccccc1. The lowest BCUT2D eigenvalue weighted by molar-refractivity contribution is 0.0620. The van der Waals surface area contributed by atoms with Crippen LogP contribution in [0.5, 0.6) is 0 Å². The second kappa shape index (κ2) is 9.35. The highest BCUT2D eigenvalue weighted by Crippen LogP contribution is 2.38. The average molecular weight is 423 g/mol. The van der Waals surface area contributed by atoms with Crippen LogP contribution in [0.25, 0.3) is 0 Å². The van der Waals surface area contributed by atoms with Crippen LogP contribution in [0.4, 0.5) is 0 Å². The molecule has 2 fully saturated rings. The molecule has 0 aliphatic carbocycles. The van der Waals surface area contributed by atoms with Gasteiger partial charge in [0.15, 0.2) is 0 Å². The van der Waals surface area contributed by atoms with E-state index in [1.54, 1.807) is 0 Å². The van der Waals surface area contributed by atoms with Crippen LogP contribution in [-0.2, 0) is 4.43 Å². The molecule has 2 aromatic carbocycles. The third-order valence-corrected chi connectivity index (χ3v) is 12.1. The Balaban J connectivity index is 1.60. The minimum absolute atomic E-state index is 0.0557. The van der Waals surface area contributed by atoms with Crippen LogP contribution < -0.4 is 15.7 Å². The summed E-state index contributed by atoms with van der Waals surface area (Å²) in [5.41, 5.74) is 0. The van der Waals surface area contributed by atoms with Crippen LogP contribution in [0.15, 0.2) is 60.7 Å². The van der Waals surface area contributed by atoms with E-state index in [0.717, 1.165) is 32.5 Å². The van der Waals surface area contributed by atoms with Gasteiger partial charge in [-0.3, -0.25) is 4.90 Å². The van der Waals surface area contributed by atoms with Crippen molar-refractivity contribution in [3.8, 4) is 0 Å². The fraction of sp³-hybridized carbons (Fsp3) is 0.538. The van der Waals surface area contributed by atoms with E-state index in [9.17, 15) is 0 Å². The molecule has 0 bridgehead atoms. The van der Waals surface area contributed by atoms with Crippen molar-refractivity contribution in [1.29, 1.82) is 0 Å². The maximum atomic E-state index is 7.35. The quantitative estimate of drug-likeness (QED) is 0.742. The minimum Gasteiger partial charge on any atom is -0.404 e. The van der Waals surface area contributed by atoms with Crippen LogP contribution in [0.1, 0.15) is 46.5 Å². The van der Waals surface area contributed by atoms with Gasteiger partial charge in [-0.05, 0) is 47.6 Å². The van der Waals surface area contributed by atoms with E-state index in [1.165, 1.54) is 29.8 Å². The molecular formula is C26H38N2OSi. The van der Waals surface area contributed by atoms with Gasteiger partial charge in [-0.2, -0.15) is 0 Å². The number of nitrogens with one attached hydrogen (secondary N) is 1. The van der Waals surface area contributed by atoms with E-state index >= 15 is 0 Å². The van der Waals surface area contributed by atoms with Gasteiger partial charge in [0.05, 0.1) is 0 Å². The van der Waals surface area contributed by atoms with Crippen molar-refractivity contribution in [2.75, 3.05) is 26.2 Å². The molecule has 1 atom stereocenters. The standard InChI is InChI=1S/C26H38N2OSi/c1-26(2,3)30(24-12-6-4-7-13-24,25-14-8-5-9-15-25)29-23-16-19-28(20-17-23)22-11-10-18-27-21-22/h4-9,12-15,22-23,27H,10-11,16-21H2,1-3H3/t22-/m0/s1. The smallest absolute Gasteiger partial charge is 0.261 e. The molecule has 0 amide bonds. The molecule has 0 radical (unpaired) electrons. The molecule has 2 aromatic rings. The summed E-state index contributed by atoms with van der Waals surface area (Å²) in [6, 6.07) is 22.8. The summed E-state index contributed by atoms with van der Waals surface area (Å²) < 4.78 is 7.35. The largest absolute Gasteiger partial charge is 0.404 e. The number of hydrogen-bond acceptors (Lipinski definition) is 3. The first-order chi connectivity index (χ1) is 14.5. The van der Waals surface area contributed by atoms with Crippen LogP contribution in [0.2, 0.25) is 5.04 Å². The minimum atomic E-state index is -2.43. The highest BCUT2D eigenvalue weighted by atomic mass is 28.4. The van der Waals surface area contributed by atoms with Crippen molar-refractivity contribution < 1.29 is 4.43 Å². The molecule has 0 spiro atoms. The van der Waals surface area contributed by atoms with Crippen LogP contribution in [-0.4, -0.2) is 51.5 Å². The predicted octanol–water partition coefficient (Wildman–Crippen LogP) is 3.78. The van der Waals surface area contributed by atoms with E-state index < -0.39 is 8.32 Å². The average Bonchev–Trinajstić information content (AvgIpc) is 2.79. The first kappa shape index (κ1) is 21.8. The van der Waals surface area contributed by atoms with Gasteiger partial charge in [0.25, 0.3) is 8.32 Å². The molecule has 30 heavy (non-hydrogen) atoms. The van der Waals surface area contributed by atoms with E-state index in [4.69, 9.17) is 4.43 Å². The highest BCUT2D eigenvalue weighted by Gasteiger charge is 2.51. The number of hydrogen-bond donors (Lipinski definition) is 1. The van der Waals surface area contributed by atoms with Crippen molar-refractivity contribution >= 4 is 18.7 Å². The molecule has 2 aliphatic heterocycles. The van der Waals surface area contributed by atoms with Crippen molar-refractivity contribution in [2.24, 2.45) is 0 Å². The van der Waals surface area contributed by atoms with E-state index in [1.807, 2.05) is 0 Å². The molecule has 2 heterocycles. The van der Waals surface area contributed by atoms with Gasteiger partial charge in [0, 0.05) is 31.8 Å². The lowest BCUT2D eigenvalue weighted by Gasteiger charge is -2.47. The van der Waals surface area contributed by atoms with Gasteiger partial charge in [0.2, 0.25) is 0 Å². The molecule has 1 N–H and O–H groups in total. The van der Waals surface area contributed by atoms with Gasteiger partial charge < -0.3 is 9.74 Å². The first-order valence-electron chi connectivity index (χ1n) is 11.7. The van der Waals surface area contributed by atoms with Gasteiger partial charge in [-0.1, -0.05) is 81.4 Å². The summed E-state index contributed by atoms with van der Waals surface area (Å²) >= 11 is 0. The molecular weight excluding hydrogens is 384 g/mol. The molecule has 3 nitrogen and oxygen atoms in total. The van der Waals surface area contributed by atoms with Crippen molar-refractivity contribution in [3.63, 3.8) is 0 Å². The zero-order valence-electron chi connectivity index (χ0n) is 18.9. The molecule has 2 aliphatic rings. The van der Waals surface area contributed by atoms with Gasteiger partial charge in [0.1, 0.15) is 0 Å². The highest BCUT2D eigenvalue weighted by molar-refractivity contribution is 6.99. The Morgan fingerprint density at radius 2 is 1.43 bits per heavy atom. The molecule has 4 rings (SSSR count). The second-order valence-corrected chi connectivity index (χ2v) is 14.3. The van der Waals surface area contributed by atoms with Crippen LogP contribution in [0.3, 0.4) is 0 Å².